The first kappa shape index (κ1) is 24.4. The molecule has 0 radical (unpaired) electrons. The zero-order valence-electron chi connectivity index (χ0n) is 18.6. The summed E-state index contributed by atoms with van der Waals surface area (Å²) in [5.74, 6) is -0.836. The summed E-state index contributed by atoms with van der Waals surface area (Å²) in [6, 6.07) is 13.3. The van der Waals surface area contributed by atoms with Gasteiger partial charge in [0.1, 0.15) is 6.04 Å². The van der Waals surface area contributed by atoms with Crippen molar-refractivity contribution in [1.29, 1.82) is 0 Å². The predicted molar refractivity (Wildman–Crippen MR) is 123 cm³/mol. The minimum Gasteiger partial charge on any atom is -0.350 e. The summed E-state index contributed by atoms with van der Waals surface area (Å²) in [4.78, 5) is 39.3. The maximum Gasteiger partial charge on any atom is 0.253 e. The van der Waals surface area contributed by atoms with Gasteiger partial charge in [-0.25, -0.2) is 0 Å². The smallest absolute Gasteiger partial charge is 0.253 e. The maximum atomic E-state index is 12.7. The van der Waals surface area contributed by atoms with Gasteiger partial charge in [-0.05, 0) is 49.6 Å². The third-order valence-electron chi connectivity index (χ3n) is 5.12. The number of nitrogens with one attached hydrogen (secondary N) is 2. The molecule has 2 aromatic rings. The monoisotopic (exact) mass is 443 g/mol. The molecule has 0 aliphatic carbocycles. The van der Waals surface area contributed by atoms with Gasteiger partial charge in [-0.2, -0.15) is 0 Å². The molecule has 0 aliphatic heterocycles. The number of hydrogen-bond acceptors (Lipinski definition) is 3. The van der Waals surface area contributed by atoms with Crippen molar-refractivity contribution in [3.8, 4) is 0 Å². The van der Waals surface area contributed by atoms with Crippen molar-refractivity contribution < 1.29 is 14.4 Å². The second-order valence-corrected chi connectivity index (χ2v) is 8.51. The van der Waals surface area contributed by atoms with E-state index in [-0.39, 0.29) is 23.8 Å². The average molecular weight is 444 g/mol. The molecule has 0 fully saturated rings. The number of carbonyl (C=O) groups excluding carboxylic acids is 3. The fourth-order valence-electron chi connectivity index (χ4n) is 2.90. The zero-order chi connectivity index (χ0) is 23.1. The molecule has 7 heteroatoms. The van der Waals surface area contributed by atoms with E-state index >= 15 is 0 Å². The van der Waals surface area contributed by atoms with E-state index in [1.165, 1.54) is 0 Å². The second kappa shape index (κ2) is 11.0. The maximum absolute atomic E-state index is 12.7. The van der Waals surface area contributed by atoms with Gasteiger partial charge < -0.3 is 15.5 Å². The van der Waals surface area contributed by atoms with E-state index in [4.69, 9.17) is 11.6 Å². The highest BCUT2D eigenvalue weighted by molar-refractivity contribution is 6.33. The summed E-state index contributed by atoms with van der Waals surface area (Å²) in [5, 5.41) is 5.96. The van der Waals surface area contributed by atoms with Crippen LogP contribution < -0.4 is 10.6 Å². The van der Waals surface area contributed by atoms with Crippen molar-refractivity contribution in [2.24, 2.45) is 5.92 Å². The Bertz CT molecular complexity index is 926. The van der Waals surface area contributed by atoms with Crippen LogP contribution in [0.4, 0.5) is 0 Å². The van der Waals surface area contributed by atoms with Crippen LogP contribution in [-0.4, -0.2) is 41.8 Å². The molecule has 0 heterocycles. The number of hydrogen-bond donors (Lipinski definition) is 2. The Kier molecular flexibility index (Phi) is 8.63. The van der Waals surface area contributed by atoms with E-state index in [0.717, 1.165) is 5.56 Å². The average Bonchev–Trinajstić information content (AvgIpc) is 2.75. The van der Waals surface area contributed by atoms with Crippen LogP contribution in [0.2, 0.25) is 5.02 Å². The topological polar surface area (TPSA) is 78.5 Å². The van der Waals surface area contributed by atoms with Crippen molar-refractivity contribution in [3.63, 3.8) is 0 Å². The molecule has 6 nitrogen and oxygen atoms in total. The molecule has 2 rings (SSSR count). The fraction of sp³-hybridized carbons (Fsp3) is 0.375. The molecule has 2 N–H and O–H groups in total. The first-order chi connectivity index (χ1) is 14.6. The number of carbonyl (C=O) groups is 3. The van der Waals surface area contributed by atoms with Crippen LogP contribution in [-0.2, 0) is 11.3 Å². The van der Waals surface area contributed by atoms with Crippen molar-refractivity contribution in [2.75, 3.05) is 7.05 Å². The number of amides is 3. The summed E-state index contributed by atoms with van der Waals surface area (Å²) in [6.07, 6.45) is 0. The highest BCUT2D eigenvalue weighted by Gasteiger charge is 2.25. The number of rotatable bonds is 8. The molecule has 1 unspecified atom stereocenters. The summed E-state index contributed by atoms with van der Waals surface area (Å²) in [7, 11) is 1.77. The van der Waals surface area contributed by atoms with Crippen LogP contribution in [0.15, 0.2) is 48.5 Å². The third-order valence-corrected chi connectivity index (χ3v) is 5.45. The van der Waals surface area contributed by atoms with Crippen molar-refractivity contribution in [3.05, 3.63) is 70.2 Å². The molecule has 31 heavy (non-hydrogen) atoms. The van der Waals surface area contributed by atoms with Gasteiger partial charge in [0.25, 0.3) is 11.8 Å². The van der Waals surface area contributed by atoms with E-state index in [2.05, 4.69) is 10.6 Å². The molecule has 0 saturated carbocycles. The Balaban J connectivity index is 2.00. The Morgan fingerprint density at radius 1 is 0.968 bits per heavy atom. The molecule has 0 saturated heterocycles. The lowest BCUT2D eigenvalue weighted by atomic mass is 10.0. The number of benzene rings is 2. The molecule has 0 spiro atoms. The highest BCUT2D eigenvalue weighted by atomic mass is 35.5. The molecular formula is C24H30ClN3O3. The van der Waals surface area contributed by atoms with Gasteiger partial charge in [0.05, 0.1) is 10.6 Å². The van der Waals surface area contributed by atoms with E-state index in [1.807, 2.05) is 39.8 Å². The summed E-state index contributed by atoms with van der Waals surface area (Å²) in [6.45, 7) is 7.93. The number of nitrogens with zero attached hydrogens (tertiary/aromatic N) is 1. The molecular weight excluding hydrogens is 414 g/mol. The molecule has 0 bridgehead atoms. The Labute approximate surface area is 189 Å². The summed E-state index contributed by atoms with van der Waals surface area (Å²) >= 11 is 6.09. The van der Waals surface area contributed by atoms with Crippen LogP contribution in [0.25, 0.3) is 0 Å². The zero-order valence-corrected chi connectivity index (χ0v) is 19.4. The minimum absolute atomic E-state index is 0.0484. The third kappa shape index (κ3) is 6.56. The normalized spacial score (nSPS) is 11.9. The van der Waals surface area contributed by atoms with Crippen LogP contribution in [0.3, 0.4) is 0 Å². The molecule has 3 amide bonds. The molecule has 2 aromatic carbocycles. The Hall–Kier alpha value is -2.86. The SMILES string of the molecule is CC(C)C(NC(=O)c1ccccc1Cl)C(=O)NCc1ccc(C(=O)N(C)C(C)C)cc1. The molecule has 1 atom stereocenters. The number of halogens is 1. The lowest BCUT2D eigenvalue weighted by Gasteiger charge is -2.22. The quantitative estimate of drug-likeness (QED) is 0.649. The van der Waals surface area contributed by atoms with Crippen LogP contribution in [0.1, 0.15) is 54.0 Å². The van der Waals surface area contributed by atoms with Crippen molar-refractivity contribution in [2.45, 2.75) is 46.3 Å². The van der Waals surface area contributed by atoms with E-state index in [1.54, 1.807) is 48.3 Å². The first-order valence-corrected chi connectivity index (χ1v) is 10.7. The lowest BCUT2D eigenvalue weighted by Crippen LogP contribution is -2.49. The van der Waals surface area contributed by atoms with Gasteiger partial charge in [-0.15, -0.1) is 0 Å². The Morgan fingerprint density at radius 3 is 2.13 bits per heavy atom. The van der Waals surface area contributed by atoms with E-state index < -0.39 is 11.9 Å². The predicted octanol–water partition coefficient (Wildman–Crippen LogP) is 3.89. The largest absolute Gasteiger partial charge is 0.350 e. The summed E-state index contributed by atoms with van der Waals surface area (Å²) in [5.41, 5.74) is 1.78. The highest BCUT2D eigenvalue weighted by Crippen LogP contribution is 2.16. The summed E-state index contributed by atoms with van der Waals surface area (Å²) < 4.78 is 0. The van der Waals surface area contributed by atoms with E-state index in [0.29, 0.717) is 22.7 Å². The standard InChI is InChI=1S/C24H30ClN3O3/c1-15(2)21(27-22(29)19-8-6-7-9-20(19)25)23(30)26-14-17-10-12-18(13-11-17)24(31)28(5)16(3)4/h6-13,15-16,21H,14H2,1-5H3,(H,26,30)(H,27,29). The lowest BCUT2D eigenvalue weighted by molar-refractivity contribution is -0.124. The van der Waals surface area contributed by atoms with Crippen LogP contribution in [0.5, 0.6) is 0 Å². The fourth-order valence-corrected chi connectivity index (χ4v) is 3.12. The van der Waals surface area contributed by atoms with Crippen molar-refractivity contribution in [1.82, 2.24) is 15.5 Å². The van der Waals surface area contributed by atoms with Gasteiger partial charge in [0.2, 0.25) is 5.91 Å². The van der Waals surface area contributed by atoms with Gasteiger partial charge in [-0.3, -0.25) is 14.4 Å². The van der Waals surface area contributed by atoms with Gasteiger partial charge in [0, 0.05) is 25.2 Å². The molecule has 166 valence electrons. The molecule has 0 aromatic heterocycles. The first-order valence-electron chi connectivity index (χ1n) is 10.3. The van der Waals surface area contributed by atoms with Crippen LogP contribution in [0, 0.1) is 5.92 Å². The minimum atomic E-state index is -0.704. The van der Waals surface area contributed by atoms with Gasteiger partial charge in [-0.1, -0.05) is 49.7 Å². The van der Waals surface area contributed by atoms with Gasteiger partial charge in [0.15, 0.2) is 0 Å². The molecule has 0 aliphatic rings. The second-order valence-electron chi connectivity index (χ2n) is 8.10. The van der Waals surface area contributed by atoms with Gasteiger partial charge >= 0.3 is 0 Å². The van der Waals surface area contributed by atoms with Crippen molar-refractivity contribution >= 4 is 29.3 Å². The Morgan fingerprint density at radius 2 is 1.58 bits per heavy atom. The van der Waals surface area contributed by atoms with Crippen LogP contribution >= 0.6 is 11.6 Å². The van der Waals surface area contributed by atoms with E-state index in [9.17, 15) is 14.4 Å².